The average molecular weight is 338 g/mol. The summed E-state index contributed by atoms with van der Waals surface area (Å²) in [6.07, 6.45) is 0.530. The molecule has 8 nitrogen and oxygen atoms in total. The van der Waals surface area contributed by atoms with Crippen molar-refractivity contribution in [1.82, 2.24) is 14.5 Å². The summed E-state index contributed by atoms with van der Waals surface area (Å²) in [5, 5.41) is 15.2. The molecule has 0 unspecified atom stereocenters. The topological polar surface area (TPSA) is 107 Å². The second-order valence-corrected chi connectivity index (χ2v) is 6.86. The Balaban J connectivity index is 2.00. The highest BCUT2D eigenvalue weighted by Gasteiger charge is 2.24. The molecule has 0 aliphatic carbocycles. The molecular formula is C14H18N4O4S. The lowest BCUT2D eigenvalue weighted by atomic mass is 10.3. The van der Waals surface area contributed by atoms with Gasteiger partial charge in [-0.25, -0.2) is 13.1 Å². The fourth-order valence-corrected chi connectivity index (χ4v) is 3.49. The van der Waals surface area contributed by atoms with Crippen molar-refractivity contribution in [3.8, 4) is 0 Å². The SMILES string of the molecule is Cc1cc(C)n(CCCNS(=O)(=O)c2ccccc2[N+](=O)[O-])n1. The Morgan fingerprint density at radius 1 is 1.30 bits per heavy atom. The standard InChI is InChI=1S/C14H18N4O4S/c1-11-10-12(2)17(16-11)9-5-8-15-23(21,22)14-7-4-3-6-13(14)18(19)20/h3-4,6-7,10,15H,5,8-9H2,1-2H3. The number of para-hydroxylation sites is 1. The van der Waals surface area contributed by atoms with Crippen LogP contribution in [0.5, 0.6) is 0 Å². The number of aryl methyl sites for hydroxylation is 3. The van der Waals surface area contributed by atoms with Crippen LogP contribution < -0.4 is 4.72 Å². The predicted molar refractivity (Wildman–Crippen MR) is 84.6 cm³/mol. The first-order valence-corrected chi connectivity index (χ1v) is 8.54. The molecule has 1 N–H and O–H groups in total. The van der Waals surface area contributed by atoms with Crippen LogP contribution in [0, 0.1) is 24.0 Å². The molecule has 9 heteroatoms. The van der Waals surface area contributed by atoms with Crippen molar-refractivity contribution >= 4 is 15.7 Å². The number of sulfonamides is 1. The first-order chi connectivity index (χ1) is 10.8. The molecule has 2 rings (SSSR count). The molecule has 0 radical (unpaired) electrons. The maximum absolute atomic E-state index is 12.2. The third-order valence-corrected chi connectivity index (χ3v) is 4.80. The fraction of sp³-hybridized carbons (Fsp3) is 0.357. The van der Waals surface area contributed by atoms with E-state index < -0.39 is 20.6 Å². The Morgan fingerprint density at radius 3 is 2.61 bits per heavy atom. The molecular weight excluding hydrogens is 320 g/mol. The molecule has 0 aliphatic rings. The van der Waals surface area contributed by atoms with Crippen molar-refractivity contribution < 1.29 is 13.3 Å². The van der Waals surface area contributed by atoms with Crippen molar-refractivity contribution in [2.75, 3.05) is 6.54 Å². The van der Waals surface area contributed by atoms with E-state index in [1.54, 1.807) is 4.68 Å². The van der Waals surface area contributed by atoms with Gasteiger partial charge in [-0.3, -0.25) is 14.8 Å². The molecule has 0 saturated carbocycles. The van der Waals surface area contributed by atoms with E-state index in [2.05, 4.69) is 9.82 Å². The van der Waals surface area contributed by atoms with E-state index in [9.17, 15) is 18.5 Å². The minimum absolute atomic E-state index is 0.173. The molecule has 23 heavy (non-hydrogen) atoms. The maximum Gasteiger partial charge on any atom is 0.289 e. The number of rotatable bonds is 7. The largest absolute Gasteiger partial charge is 0.289 e. The first-order valence-electron chi connectivity index (χ1n) is 7.05. The second-order valence-electron chi connectivity index (χ2n) is 5.13. The van der Waals surface area contributed by atoms with Crippen LogP contribution in [0.15, 0.2) is 35.2 Å². The van der Waals surface area contributed by atoms with Crippen LogP contribution in [0.4, 0.5) is 5.69 Å². The normalized spacial score (nSPS) is 11.6. The Morgan fingerprint density at radius 2 is 2.00 bits per heavy atom. The molecule has 0 fully saturated rings. The van der Waals surface area contributed by atoms with Gasteiger partial charge in [-0.1, -0.05) is 12.1 Å². The molecule has 1 aromatic heterocycles. The highest BCUT2D eigenvalue weighted by atomic mass is 32.2. The highest BCUT2D eigenvalue weighted by molar-refractivity contribution is 7.89. The molecule has 0 saturated heterocycles. The van der Waals surface area contributed by atoms with Gasteiger partial charge in [0.1, 0.15) is 0 Å². The van der Waals surface area contributed by atoms with E-state index in [4.69, 9.17) is 0 Å². The minimum Gasteiger partial charge on any atom is -0.270 e. The van der Waals surface area contributed by atoms with E-state index in [1.165, 1.54) is 24.3 Å². The van der Waals surface area contributed by atoms with Gasteiger partial charge >= 0.3 is 0 Å². The second kappa shape index (κ2) is 6.88. The van der Waals surface area contributed by atoms with E-state index in [-0.39, 0.29) is 11.4 Å². The van der Waals surface area contributed by atoms with Crippen LogP contribution in [0.25, 0.3) is 0 Å². The first kappa shape index (κ1) is 17.1. The molecule has 1 heterocycles. The quantitative estimate of drug-likeness (QED) is 0.470. The van der Waals surface area contributed by atoms with Crippen LogP contribution in [-0.2, 0) is 16.6 Å². The summed E-state index contributed by atoms with van der Waals surface area (Å²) < 4.78 is 28.6. The van der Waals surface area contributed by atoms with Crippen LogP contribution in [0.3, 0.4) is 0 Å². The Kier molecular flexibility index (Phi) is 5.12. The number of benzene rings is 1. The van der Waals surface area contributed by atoms with Gasteiger partial charge in [-0.2, -0.15) is 5.10 Å². The average Bonchev–Trinajstić information content (AvgIpc) is 2.81. The third-order valence-electron chi connectivity index (χ3n) is 3.29. The summed E-state index contributed by atoms with van der Waals surface area (Å²) in [4.78, 5) is 9.90. The van der Waals surface area contributed by atoms with Gasteiger partial charge in [-0.05, 0) is 32.4 Å². The number of nitrogens with one attached hydrogen (secondary N) is 1. The third kappa shape index (κ3) is 4.14. The number of hydrogen-bond acceptors (Lipinski definition) is 5. The van der Waals surface area contributed by atoms with Crippen LogP contribution in [0.1, 0.15) is 17.8 Å². The van der Waals surface area contributed by atoms with E-state index in [1.807, 2.05) is 19.9 Å². The zero-order valence-corrected chi connectivity index (χ0v) is 13.7. The molecule has 0 bridgehead atoms. The van der Waals surface area contributed by atoms with Gasteiger partial charge < -0.3 is 0 Å². The zero-order valence-electron chi connectivity index (χ0n) is 12.9. The predicted octanol–water partition coefficient (Wildman–Crippen LogP) is 1.78. The number of nitro benzene ring substituents is 1. The van der Waals surface area contributed by atoms with Crippen LogP contribution in [-0.4, -0.2) is 29.7 Å². The number of nitro groups is 1. The molecule has 0 atom stereocenters. The monoisotopic (exact) mass is 338 g/mol. The molecule has 2 aromatic rings. The van der Waals surface area contributed by atoms with Crippen LogP contribution in [0.2, 0.25) is 0 Å². The lowest BCUT2D eigenvalue weighted by Crippen LogP contribution is -2.26. The van der Waals surface area contributed by atoms with E-state index >= 15 is 0 Å². The van der Waals surface area contributed by atoms with Crippen molar-refractivity contribution in [2.24, 2.45) is 0 Å². The van der Waals surface area contributed by atoms with Gasteiger partial charge in [-0.15, -0.1) is 0 Å². The molecule has 0 amide bonds. The fourth-order valence-electron chi connectivity index (χ4n) is 2.25. The van der Waals surface area contributed by atoms with Gasteiger partial charge in [0.2, 0.25) is 10.0 Å². The summed E-state index contributed by atoms with van der Waals surface area (Å²) in [6.45, 7) is 4.56. The number of hydrogen-bond donors (Lipinski definition) is 1. The molecule has 1 aromatic carbocycles. The van der Waals surface area contributed by atoms with E-state index in [0.29, 0.717) is 13.0 Å². The minimum atomic E-state index is -3.92. The molecule has 124 valence electrons. The number of nitrogens with zero attached hydrogens (tertiary/aromatic N) is 3. The maximum atomic E-state index is 12.2. The van der Waals surface area contributed by atoms with Crippen molar-refractivity contribution in [3.63, 3.8) is 0 Å². The summed E-state index contributed by atoms with van der Waals surface area (Å²) in [6, 6.07) is 7.22. The van der Waals surface area contributed by atoms with Crippen LogP contribution >= 0.6 is 0 Å². The Labute approximate surface area is 134 Å². The molecule has 0 spiro atoms. The van der Waals surface area contributed by atoms with Gasteiger partial charge in [0.25, 0.3) is 5.69 Å². The number of aromatic nitrogens is 2. The smallest absolute Gasteiger partial charge is 0.270 e. The molecule has 0 aliphatic heterocycles. The summed E-state index contributed by atoms with van der Waals surface area (Å²) in [7, 11) is -3.92. The van der Waals surface area contributed by atoms with Gasteiger partial charge in [0.15, 0.2) is 4.90 Å². The highest BCUT2D eigenvalue weighted by Crippen LogP contribution is 2.22. The summed E-state index contributed by atoms with van der Waals surface area (Å²) in [5.74, 6) is 0. The summed E-state index contributed by atoms with van der Waals surface area (Å²) in [5.41, 5.74) is 1.48. The van der Waals surface area contributed by atoms with E-state index in [0.717, 1.165) is 11.4 Å². The van der Waals surface area contributed by atoms with Crippen molar-refractivity contribution in [1.29, 1.82) is 0 Å². The van der Waals surface area contributed by atoms with Crippen molar-refractivity contribution in [2.45, 2.75) is 31.7 Å². The lowest BCUT2D eigenvalue weighted by Gasteiger charge is -2.08. The summed E-state index contributed by atoms with van der Waals surface area (Å²) >= 11 is 0. The van der Waals surface area contributed by atoms with Crippen molar-refractivity contribution in [3.05, 3.63) is 51.8 Å². The lowest BCUT2D eigenvalue weighted by molar-refractivity contribution is -0.387. The zero-order chi connectivity index (χ0) is 17.0. The van der Waals surface area contributed by atoms with Gasteiger partial charge in [0.05, 0.1) is 10.6 Å². The van der Waals surface area contributed by atoms with Gasteiger partial charge in [0, 0.05) is 24.8 Å². The Hall–Kier alpha value is -2.26. The Bertz CT molecular complexity index is 814.